The Bertz CT molecular complexity index is 767. The van der Waals surface area contributed by atoms with E-state index in [1.807, 2.05) is 0 Å². The number of ether oxygens (including phenoxy) is 1. The van der Waals surface area contributed by atoms with E-state index in [0.717, 1.165) is 25.1 Å². The van der Waals surface area contributed by atoms with Crippen molar-refractivity contribution in [1.29, 1.82) is 0 Å². The van der Waals surface area contributed by atoms with Gasteiger partial charge in [-0.05, 0) is 67.6 Å². The molecule has 1 fully saturated rings. The van der Waals surface area contributed by atoms with E-state index in [1.165, 1.54) is 29.7 Å². The Morgan fingerprint density at radius 1 is 1.08 bits per heavy atom. The van der Waals surface area contributed by atoms with E-state index < -0.39 is 0 Å². The molecule has 1 heterocycles. The highest BCUT2D eigenvalue weighted by Crippen LogP contribution is 2.51. The lowest BCUT2D eigenvalue weighted by atomic mass is 9.59. The summed E-state index contributed by atoms with van der Waals surface area (Å²) in [6.45, 7) is 2.34. The minimum Gasteiger partial charge on any atom is -0.497 e. The molecule has 2 nitrogen and oxygen atoms in total. The fraction of sp³-hybridized carbons (Fsp3) is 0.391. The van der Waals surface area contributed by atoms with Crippen molar-refractivity contribution >= 4 is 5.57 Å². The van der Waals surface area contributed by atoms with Crippen LogP contribution in [0.4, 0.5) is 0 Å². The molecule has 130 valence electrons. The second-order valence-electron chi connectivity index (χ2n) is 7.61. The molecule has 25 heavy (non-hydrogen) atoms. The first-order valence-electron chi connectivity index (χ1n) is 9.29. The van der Waals surface area contributed by atoms with Gasteiger partial charge in [0.15, 0.2) is 0 Å². The summed E-state index contributed by atoms with van der Waals surface area (Å²) in [5, 5.41) is 0. The van der Waals surface area contributed by atoms with Crippen LogP contribution in [0.15, 0.2) is 60.7 Å². The molecule has 0 spiro atoms. The molecule has 2 aromatic carbocycles. The molecular weight excluding hydrogens is 306 g/mol. The number of piperidine rings is 1. The lowest BCUT2D eigenvalue weighted by Gasteiger charge is -2.50. The number of allylic oxidation sites excluding steroid dienone is 2. The van der Waals surface area contributed by atoms with Crippen molar-refractivity contribution in [3.05, 3.63) is 71.8 Å². The molecule has 0 saturated carbocycles. The van der Waals surface area contributed by atoms with Crippen LogP contribution in [-0.2, 0) is 5.41 Å². The number of benzene rings is 2. The SMILES string of the molecule is COc1cccc(C23CCN(C)CC2CC=C(c2ccccc2)C3)c1. The largest absolute Gasteiger partial charge is 0.497 e. The van der Waals surface area contributed by atoms with Crippen LogP contribution < -0.4 is 4.74 Å². The molecule has 0 bridgehead atoms. The van der Waals surface area contributed by atoms with Crippen molar-refractivity contribution in [3.63, 3.8) is 0 Å². The molecule has 2 aliphatic rings. The molecule has 2 aromatic rings. The first kappa shape index (κ1) is 16.4. The van der Waals surface area contributed by atoms with E-state index in [0.29, 0.717) is 5.92 Å². The molecule has 2 unspecified atom stereocenters. The normalized spacial score (nSPS) is 26.6. The predicted molar refractivity (Wildman–Crippen MR) is 104 cm³/mol. The van der Waals surface area contributed by atoms with Gasteiger partial charge in [0.05, 0.1) is 7.11 Å². The van der Waals surface area contributed by atoms with Crippen molar-refractivity contribution in [3.8, 4) is 5.75 Å². The molecule has 0 aromatic heterocycles. The molecule has 0 radical (unpaired) electrons. The van der Waals surface area contributed by atoms with Gasteiger partial charge >= 0.3 is 0 Å². The zero-order chi connectivity index (χ0) is 17.3. The van der Waals surface area contributed by atoms with Crippen molar-refractivity contribution in [2.24, 2.45) is 5.92 Å². The number of methoxy groups -OCH3 is 1. The van der Waals surface area contributed by atoms with Crippen LogP contribution in [0.2, 0.25) is 0 Å². The number of hydrogen-bond acceptors (Lipinski definition) is 2. The van der Waals surface area contributed by atoms with Gasteiger partial charge in [-0.3, -0.25) is 0 Å². The highest BCUT2D eigenvalue weighted by atomic mass is 16.5. The third-order valence-electron chi connectivity index (χ3n) is 6.20. The molecule has 2 atom stereocenters. The van der Waals surface area contributed by atoms with Gasteiger partial charge in [-0.25, -0.2) is 0 Å². The van der Waals surface area contributed by atoms with Crippen molar-refractivity contribution < 1.29 is 4.74 Å². The minimum atomic E-state index is 0.223. The average Bonchev–Trinajstić information content (AvgIpc) is 2.68. The third-order valence-corrected chi connectivity index (χ3v) is 6.20. The quantitative estimate of drug-likeness (QED) is 0.803. The number of rotatable bonds is 3. The summed E-state index contributed by atoms with van der Waals surface area (Å²) in [4.78, 5) is 2.49. The fourth-order valence-corrected chi connectivity index (χ4v) is 4.75. The highest BCUT2D eigenvalue weighted by Gasteiger charge is 2.45. The summed E-state index contributed by atoms with van der Waals surface area (Å²) >= 11 is 0. The van der Waals surface area contributed by atoms with Crippen molar-refractivity contribution in [2.45, 2.75) is 24.7 Å². The Hall–Kier alpha value is -2.06. The van der Waals surface area contributed by atoms with Gasteiger partial charge in [-0.2, -0.15) is 0 Å². The van der Waals surface area contributed by atoms with Gasteiger partial charge < -0.3 is 9.64 Å². The summed E-state index contributed by atoms with van der Waals surface area (Å²) in [6, 6.07) is 19.7. The first-order chi connectivity index (χ1) is 12.2. The summed E-state index contributed by atoms with van der Waals surface area (Å²) in [5.41, 5.74) is 4.55. The lowest BCUT2D eigenvalue weighted by molar-refractivity contribution is 0.108. The maximum absolute atomic E-state index is 5.53. The van der Waals surface area contributed by atoms with Crippen LogP contribution in [-0.4, -0.2) is 32.1 Å². The van der Waals surface area contributed by atoms with Crippen LogP contribution in [0.1, 0.15) is 30.4 Å². The topological polar surface area (TPSA) is 12.5 Å². The maximum Gasteiger partial charge on any atom is 0.119 e. The van der Waals surface area contributed by atoms with Crippen LogP contribution >= 0.6 is 0 Å². The van der Waals surface area contributed by atoms with Crippen molar-refractivity contribution in [1.82, 2.24) is 4.90 Å². The van der Waals surface area contributed by atoms with Gasteiger partial charge in [-0.1, -0.05) is 48.5 Å². The van der Waals surface area contributed by atoms with E-state index in [9.17, 15) is 0 Å². The number of hydrogen-bond donors (Lipinski definition) is 0. The molecule has 1 saturated heterocycles. The minimum absolute atomic E-state index is 0.223. The molecular formula is C23H27NO. The molecule has 0 N–H and O–H groups in total. The number of nitrogens with zero attached hydrogens (tertiary/aromatic N) is 1. The second-order valence-corrected chi connectivity index (χ2v) is 7.61. The first-order valence-corrected chi connectivity index (χ1v) is 9.29. The van der Waals surface area contributed by atoms with Crippen LogP contribution in [0, 0.1) is 5.92 Å². The third kappa shape index (κ3) is 3.00. The van der Waals surface area contributed by atoms with Crippen molar-refractivity contribution in [2.75, 3.05) is 27.2 Å². The van der Waals surface area contributed by atoms with E-state index in [-0.39, 0.29) is 5.41 Å². The lowest BCUT2D eigenvalue weighted by Crippen LogP contribution is -2.49. The van der Waals surface area contributed by atoms with Gasteiger partial charge in [-0.15, -0.1) is 0 Å². The Morgan fingerprint density at radius 2 is 1.92 bits per heavy atom. The Kier molecular flexibility index (Phi) is 4.39. The Balaban J connectivity index is 1.76. The monoisotopic (exact) mass is 333 g/mol. The zero-order valence-electron chi connectivity index (χ0n) is 15.2. The Labute approximate surface area is 151 Å². The summed E-state index contributed by atoms with van der Waals surface area (Å²) in [7, 11) is 4.02. The second kappa shape index (κ2) is 6.68. The average molecular weight is 333 g/mol. The van der Waals surface area contributed by atoms with Crippen LogP contribution in [0.5, 0.6) is 5.75 Å². The zero-order valence-corrected chi connectivity index (χ0v) is 15.2. The van der Waals surface area contributed by atoms with Gasteiger partial charge in [0.1, 0.15) is 5.75 Å². The summed E-state index contributed by atoms with van der Waals surface area (Å²) in [5.74, 6) is 1.64. The van der Waals surface area contributed by atoms with Gasteiger partial charge in [0.2, 0.25) is 0 Å². The standard InChI is InChI=1S/C23H27NO/c1-24-14-13-23(20-9-6-10-22(15-20)25-2)16-19(11-12-21(23)17-24)18-7-4-3-5-8-18/h3-11,15,21H,12-14,16-17H2,1-2H3. The Morgan fingerprint density at radius 3 is 2.72 bits per heavy atom. The molecule has 0 amide bonds. The van der Waals surface area contributed by atoms with E-state index in [1.54, 1.807) is 7.11 Å². The maximum atomic E-state index is 5.53. The van der Waals surface area contributed by atoms with Gasteiger partial charge in [0.25, 0.3) is 0 Å². The summed E-state index contributed by atoms with van der Waals surface area (Å²) in [6.07, 6.45) is 5.98. The molecule has 1 aliphatic carbocycles. The van der Waals surface area contributed by atoms with Crippen LogP contribution in [0.3, 0.4) is 0 Å². The number of fused-ring (bicyclic) bond motifs is 1. The van der Waals surface area contributed by atoms with E-state index in [4.69, 9.17) is 4.74 Å². The van der Waals surface area contributed by atoms with Crippen LogP contribution in [0.25, 0.3) is 5.57 Å². The molecule has 4 rings (SSSR count). The van der Waals surface area contributed by atoms with Gasteiger partial charge in [0, 0.05) is 12.0 Å². The predicted octanol–water partition coefficient (Wildman–Crippen LogP) is 4.76. The smallest absolute Gasteiger partial charge is 0.119 e. The molecule has 1 aliphatic heterocycles. The number of likely N-dealkylation sites (tertiary alicyclic amines) is 1. The summed E-state index contributed by atoms with van der Waals surface area (Å²) < 4.78 is 5.53. The van der Waals surface area contributed by atoms with E-state index >= 15 is 0 Å². The molecule has 2 heteroatoms. The van der Waals surface area contributed by atoms with E-state index in [2.05, 4.69) is 72.6 Å². The fourth-order valence-electron chi connectivity index (χ4n) is 4.75. The highest BCUT2D eigenvalue weighted by molar-refractivity contribution is 5.68.